The second kappa shape index (κ2) is 9.70. The fourth-order valence-corrected chi connectivity index (χ4v) is 3.74. The van der Waals surface area contributed by atoms with Gasteiger partial charge in [-0.25, -0.2) is 4.98 Å². The number of methoxy groups -OCH3 is 1. The zero-order chi connectivity index (χ0) is 24.2. The molecule has 34 heavy (non-hydrogen) atoms. The van der Waals surface area contributed by atoms with Gasteiger partial charge < -0.3 is 14.6 Å². The summed E-state index contributed by atoms with van der Waals surface area (Å²) < 4.78 is 6.85. The van der Waals surface area contributed by atoms with Crippen molar-refractivity contribution >= 4 is 22.7 Å². The second-order valence-electron chi connectivity index (χ2n) is 8.12. The molecule has 4 aromatic rings. The van der Waals surface area contributed by atoms with Gasteiger partial charge in [0.05, 0.1) is 23.6 Å². The molecule has 1 N–H and O–H groups in total. The van der Waals surface area contributed by atoms with Crippen molar-refractivity contribution in [2.24, 2.45) is 0 Å². The van der Waals surface area contributed by atoms with Crippen LogP contribution in [0.4, 0.5) is 0 Å². The third kappa shape index (κ3) is 4.73. The molecule has 2 heterocycles. The molecule has 1 amide bonds. The average molecular weight is 456 g/mol. The number of nitrogens with one attached hydrogen (secondary N) is 1. The fraction of sp³-hybridized carbons (Fsp3) is 0.185. The van der Waals surface area contributed by atoms with Crippen LogP contribution in [0.5, 0.6) is 5.75 Å². The number of amides is 1. The standard InChI is InChI=1S/C27H25N3O4/c1-17-8-11-19(12-9-17)14-28-24(31)16-30-15-22(25(32)20-6-4-5-7-23(20)34-3)26(33)21-13-10-18(2)29-27(21)30/h4-13,15H,14,16H2,1-3H3,(H,28,31). The minimum absolute atomic E-state index is 0.0472. The van der Waals surface area contributed by atoms with Crippen LogP contribution in [0.3, 0.4) is 0 Å². The smallest absolute Gasteiger partial charge is 0.240 e. The van der Waals surface area contributed by atoms with Crippen molar-refractivity contribution in [1.29, 1.82) is 0 Å². The summed E-state index contributed by atoms with van der Waals surface area (Å²) >= 11 is 0. The van der Waals surface area contributed by atoms with Crippen LogP contribution < -0.4 is 15.5 Å². The molecule has 0 aliphatic rings. The summed E-state index contributed by atoms with van der Waals surface area (Å²) in [5, 5.41) is 3.16. The maximum absolute atomic E-state index is 13.3. The largest absolute Gasteiger partial charge is 0.496 e. The number of fused-ring (bicyclic) bond motifs is 1. The van der Waals surface area contributed by atoms with E-state index in [1.165, 1.54) is 13.3 Å². The van der Waals surface area contributed by atoms with E-state index in [1.807, 2.05) is 31.2 Å². The zero-order valence-electron chi connectivity index (χ0n) is 19.3. The number of hydrogen-bond acceptors (Lipinski definition) is 5. The summed E-state index contributed by atoms with van der Waals surface area (Å²) in [5.41, 5.74) is 2.96. The maximum atomic E-state index is 13.3. The molecule has 0 radical (unpaired) electrons. The third-order valence-electron chi connectivity index (χ3n) is 5.58. The predicted octanol–water partition coefficient (Wildman–Crippen LogP) is 3.57. The van der Waals surface area contributed by atoms with Gasteiger partial charge in [0.1, 0.15) is 17.9 Å². The molecule has 7 heteroatoms. The molecule has 0 aliphatic heterocycles. The Morgan fingerprint density at radius 2 is 1.71 bits per heavy atom. The first-order chi connectivity index (χ1) is 16.4. The summed E-state index contributed by atoms with van der Waals surface area (Å²) in [6, 6.07) is 18.0. The lowest BCUT2D eigenvalue weighted by molar-refractivity contribution is -0.121. The SMILES string of the molecule is COc1ccccc1C(=O)c1cn(CC(=O)NCc2ccc(C)cc2)c2nc(C)ccc2c1=O. The summed E-state index contributed by atoms with van der Waals surface area (Å²) in [6.45, 7) is 4.09. The Bertz CT molecular complexity index is 1440. The van der Waals surface area contributed by atoms with Crippen molar-refractivity contribution in [2.45, 2.75) is 26.9 Å². The predicted molar refractivity (Wildman–Crippen MR) is 130 cm³/mol. The monoisotopic (exact) mass is 455 g/mol. The quantitative estimate of drug-likeness (QED) is 0.430. The highest BCUT2D eigenvalue weighted by molar-refractivity contribution is 6.11. The number of hydrogen-bond donors (Lipinski definition) is 1. The molecule has 0 saturated carbocycles. The molecule has 4 rings (SSSR count). The van der Waals surface area contributed by atoms with Gasteiger partial charge in [-0.2, -0.15) is 0 Å². The van der Waals surface area contributed by atoms with Crippen LogP contribution in [0, 0.1) is 13.8 Å². The topological polar surface area (TPSA) is 90.3 Å². The Balaban J connectivity index is 1.70. The summed E-state index contributed by atoms with van der Waals surface area (Å²) in [5.74, 6) is -0.361. The molecular formula is C27H25N3O4. The van der Waals surface area contributed by atoms with Crippen LogP contribution in [0.1, 0.15) is 32.7 Å². The number of carbonyl (C=O) groups is 2. The molecule has 2 aromatic heterocycles. The first kappa shape index (κ1) is 22.9. The van der Waals surface area contributed by atoms with E-state index in [0.717, 1.165) is 11.1 Å². The first-order valence-electron chi connectivity index (χ1n) is 10.9. The average Bonchev–Trinajstić information content (AvgIpc) is 2.85. The van der Waals surface area contributed by atoms with Crippen molar-refractivity contribution in [3.63, 3.8) is 0 Å². The fourth-order valence-electron chi connectivity index (χ4n) is 3.74. The van der Waals surface area contributed by atoms with Crippen LogP contribution in [0.25, 0.3) is 11.0 Å². The highest BCUT2D eigenvalue weighted by Gasteiger charge is 2.21. The highest BCUT2D eigenvalue weighted by atomic mass is 16.5. The lowest BCUT2D eigenvalue weighted by Gasteiger charge is -2.14. The zero-order valence-corrected chi connectivity index (χ0v) is 19.3. The number of nitrogens with zero attached hydrogens (tertiary/aromatic N) is 2. The third-order valence-corrected chi connectivity index (χ3v) is 5.58. The number of para-hydroxylation sites is 1. The number of carbonyl (C=O) groups excluding carboxylic acids is 2. The van der Waals surface area contributed by atoms with Gasteiger partial charge in [-0.1, -0.05) is 42.0 Å². The van der Waals surface area contributed by atoms with Crippen molar-refractivity contribution in [1.82, 2.24) is 14.9 Å². The summed E-state index contributed by atoms with van der Waals surface area (Å²) in [6.07, 6.45) is 1.41. The van der Waals surface area contributed by atoms with Gasteiger partial charge in [0.2, 0.25) is 17.1 Å². The molecule has 0 aliphatic carbocycles. The van der Waals surface area contributed by atoms with E-state index in [4.69, 9.17) is 4.74 Å². The van der Waals surface area contributed by atoms with E-state index in [0.29, 0.717) is 23.6 Å². The normalized spacial score (nSPS) is 10.8. The van der Waals surface area contributed by atoms with E-state index in [2.05, 4.69) is 10.3 Å². The minimum atomic E-state index is -0.473. The number of ether oxygens (including phenoxy) is 1. The van der Waals surface area contributed by atoms with Gasteiger partial charge in [-0.05, 0) is 43.7 Å². The van der Waals surface area contributed by atoms with Crippen LogP contribution in [-0.2, 0) is 17.9 Å². The van der Waals surface area contributed by atoms with Crippen molar-refractivity contribution < 1.29 is 14.3 Å². The van der Waals surface area contributed by atoms with Gasteiger partial charge in [0.25, 0.3) is 0 Å². The minimum Gasteiger partial charge on any atom is -0.496 e. The van der Waals surface area contributed by atoms with Crippen molar-refractivity contribution in [3.05, 3.63) is 105 Å². The molecule has 0 spiro atoms. The van der Waals surface area contributed by atoms with Crippen LogP contribution in [-0.4, -0.2) is 28.4 Å². The highest BCUT2D eigenvalue weighted by Crippen LogP contribution is 2.21. The first-order valence-corrected chi connectivity index (χ1v) is 10.9. The Kier molecular flexibility index (Phi) is 6.54. The Morgan fingerprint density at radius 1 is 0.971 bits per heavy atom. The van der Waals surface area contributed by atoms with E-state index < -0.39 is 11.2 Å². The van der Waals surface area contributed by atoms with Crippen LogP contribution in [0.15, 0.2) is 71.7 Å². The number of benzene rings is 2. The Morgan fingerprint density at radius 3 is 2.44 bits per heavy atom. The Hall–Kier alpha value is -4.26. The Labute approximate surface area is 197 Å². The maximum Gasteiger partial charge on any atom is 0.240 e. The van der Waals surface area contributed by atoms with Gasteiger partial charge in [0, 0.05) is 18.4 Å². The molecular weight excluding hydrogens is 430 g/mol. The molecule has 0 atom stereocenters. The van der Waals surface area contributed by atoms with E-state index in [9.17, 15) is 14.4 Å². The summed E-state index contributed by atoms with van der Waals surface area (Å²) in [4.78, 5) is 43.8. The number of ketones is 1. The molecule has 172 valence electrons. The van der Waals surface area contributed by atoms with Gasteiger partial charge in [-0.15, -0.1) is 0 Å². The van der Waals surface area contributed by atoms with E-state index in [-0.39, 0.29) is 29.0 Å². The van der Waals surface area contributed by atoms with Crippen molar-refractivity contribution in [3.8, 4) is 5.75 Å². The molecule has 0 unspecified atom stereocenters. The van der Waals surface area contributed by atoms with Crippen LogP contribution >= 0.6 is 0 Å². The number of aromatic nitrogens is 2. The lowest BCUT2D eigenvalue weighted by Crippen LogP contribution is -2.29. The number of pyridine rings is 2. The molecule has 7 nitrogen and oxygen atoms in total. The molecule has 2 aromatic carbocycles. The second-order valence-corrected chi connectivity index (χ2v) is 8.12. The summed E-state index contributed by atoms with van der Waals surface area (Å²) in [7, 11) is 1.47. The van der Waals surface area contributed by atoms with E-state index in [1.54, 1.807) is 47.9 Å². The van der Waals surface area contributed by atoms with Crippen molar-refractivity contribution in [2.75, 3.05) is 7.11 Å². The van der Waals surface area contributed by atoms with Crippen LogP contribution in [0.2, 0.25) is 0 Å². The number of rotatable bonds is 7. The molecule has 0 fully saturated rings. The number of aryl methyl sites for hydroxylation is 2. The van der Waals surface area contributed by atoms with E-state index >= 15 is 0 Å². The molecule has 0 saturated heterocycles. The van der Waals surface area contributed by atoms with Gasteiger partial charge in [-0.3, -0.25) is 14.4 Å². The van der Waals surface area contributed by atoms with Gasteiger partial charge >= 0.3 is 0 Å². The van der Waals surface area contributed by atoms with Gasteiger partial charge in [0.15, 0.2) is 0 Å². The molecule has 0 bridgehead atoms. The lowest BCUT2D eigenvalue weighted by atomic mass is 10.0.